The molecule has 1 heterocycles. The van der Waals surface area contributed by atoms with E-state index in [1.165, 1.54) is 4.31 Å². The van der Waals surface area contributed by atoms with E-state index in [-0.39, 0.29) is 17.3 Å². The molecule has 0 radical (unpaired) electrons. The third-order valence-electron chi connectivity index (χ3n) is 5.69. The zero-order valence-corrected chi connectivity index (χ0v) is 18.9. The van der Waals surface area contributed by atoms with Gasteiger partial charge in [-0.25, -0.2) is 8.42 Å². The first-order valence-corrected chi connectivity index (χ1v) is 12.1. The Kier molecular flexibility index (Phi) is 6.46. The molecule has 0 atom stereocenters. The van der Waals surface area contributed by atoms with E-state index in [4.69, 9.17) is 0 Å². The fraction of sp³-hybridized carbons (Fsp3) is 0.240. The summed E-state index contributed by atoms with van der Waals surface area (Å²) in [5.74, 6) is -0.196. The molecule has 1 amide bonds. The maximum absolute atomic E-state index is 13.4. The van der Waals surface area contributed by atoms with E-state index in [0.717, 1.165) is 11.3 Å². The van der Waals surface area contributed by atoms with Crippen LogP contribution in [0, 0.1) is 6.92 Å². The van der Waals surface area contributed by atoms with E-state index in [1.807, 2.05) is 37.3 Å². The molecule has 1 saturated heterocycles. The topological polar surface area (TPSA) is 60.9 Å². The van der Waals surface area contributed by atoms with Crippen LogP contribution in [0.4, 0.5) is 11.4 Å². The fourth-order valence-electron chi connectivity index (χ4n) is 3.82. The van der Waals surface area contributed by atoms with Crippen molar-refractivity contribution in [3.05, 3.63) is 90.5 Å². The summed E-state index contributed by atoms with van der Waals surface area (Å²) in [5, 5.41) is 0. The lowest BCUT2D eigenvalue weighted by Crippen LogP contribution is -2.52. The van der Waals surface area contributed by atoms with Crippen LogP contribution >= 0.6 is 0 Å². The molecule has 7 heteroatoms. The maximum Gasteiger partial charge on any atom is 0.264 e. The van der Waals surface area contributed by atoms with Crippen molar-refractivity contribution in [1.82, 2.24) is 4.90 Å². The van der Waals surface area contributed by atoms with Crippen molar-refractivity contribution >= 4 is 27.3 Å². The summed E-state index contributed by atoms with van der Waals surface area (Å²) in [6, 6.07) is 25.6. The molecule has 1 aliphatic rings. The summed E-state index contributed by atoms with van der Waals surface area (Å²) in [4.78, 5) is 17.3. The van der Waals surface area contributed by atoms with Crippen LogP contribution in [-0.2, 0) is 14.8 Å². The van der Waals surface area contributed by atoms with Gasteiger partial charge in [-0.3, -0.25) is 9.10 Å². The predicted molar refractivity (Wildman–Crippen MR) is 127 cm³/mol. The van der Waals surface area contributed by atoms with Gasteiger partial charge in [0.05, 0.1) is 10.6 Å². The second-order valence-corrected chi connectivity index (χ2v) is 9.73. The number of sulfonamides is 1. The Balaban J connectivity index is 1.52. The second kappa shape index (κ2) is 9.44. The summed E-state index contributed by atoms with van der Waals surface area (Å²) >= 11 is 0. The van der Waals surface area contributed by atoms with Crippen LogP contribution in [0.2, 0.25) is 0 Å². The van der Waals surface area contributed by atoms with Gasteiger partial charge in [0.2, 0.25) is 5.91 Å². The minimum atomic E-state index is -3.88. The van der Waals surface area contributed by atoms with Crippen LogP contribution in [-0.4, -0.2) is 51.9 Å². The lowest BCUT2D eigenvalue weighted by Gasteiger charge is -2.37. The first-order chi connectivity index (χ1) is 15.4. The molecule has 1 fully saturated rings. The van der Waals surface area contributed by atoms with Gasteiger partial charge in [-0.2, -0.15) is 0 Å². The highest BCUT2D eigenvalue weighted by Gasteiger charge is 2.30. The van der Waals surface area contributed by atoms with Crippen LogP contribution in [0.5, 0.6) is 0 Å². The number of anilines is 2. The van der Waals surface area contributed by atoms with E-state index in [9.17, 15) is 13.2 Å². The van der Waals surface area contributed by atoms with Crippen LogP contribution < -0.4 is 9.21 Å². The second-order valence-electron chi connectivity index (χ2n) is 7.86. The molecular formula is C25H27N3O3S. The van der Waals surface area contributed by atoms with Gasteiger partial charge in [0.15, 0.2) is 0 Å². The van der Waals surface area contributed by atoms with Crippen LogP contribution in [0.15, 0.2) is 89.8 Å². The molecule has 0 aliphatic carbocycles. The summed E-state index contributed by atoms with van der Waals surface area (Å²) in [6.07, 6.45) is 0. The highest BCUT2D eigenvalue weighted by atomic mass is 32.2. The summed E-state index contributed by atoms with van der Waals surface area (Å²) < 4.78 is 28.1. The Morgan fingerprint density at radius 2 is 1.38 bits per heavy atom. The predicted octanol–water partition coefficient (Wildman–Crippen LogP) is 3.54. The molecule has 0 bridgehead atoms. The standard InChI is InChI=1S/C25H27N3O3S/c1-21-12-14-23(15-13-21)28(32(30,31)24-10-6-3-7-11-24)20-25(29)27-18-16-26(17-19-27)22-8-4-2-5-9-22/h2-15H,16-20H2,1H3. The fourth-order valence-corrected chi connectivity index (χ4v) is 5.26. The monoisotopic (exact) mass is 449 g/mol. The van der Waals surface area contributed by atoms with Crippen molar-refractivity contribution in [2.45, 2.75) is 11.8 Å². The Morgan fingerprint density at radius 3 is 1.97 bits per heavy atom. The number of carbonyl (C=O) groups excluding carboxylic acids is 1. The summed E-state index contributed by atoms with van der Waals surface area (Å²) in [5.41, 5.74) is 2.64. The molecule has 0 saturated carbocycles. The quantitative estimate of drug-likeness (QED) is 0.578. The molecular weight excluding hydrogens is 422 g/mol. The average Bonchev–Trinajstić information content (AvgIpc) is 2.84. The zero-order valence-electron chi connectivity index (χ0n) is 18.1. The number of hydrogen-bond donors (Lipinski definition) is 0. The lowest BCUT2D eigenvalue weighted by molar-refractivity contribution is -0.129. The van der Waals surface area contributed by atoms with Crippen LogP contribution in [0.3, 0.4) is 0 Å². The van der Waals surface area contributed by atoms with E-state index in [0.29, 0.717) is 31.9 Å². The highest BCUT2D eigenvalue weighted by Crippen LogP contribution is 2.24. The molecule has 3 aromatic carbocycles. The number of piperazine rings is 1. The van der Waals surface area contributed by atoms with Crippen molar-refractivity contribution in [1.29, 1.82) is 0 Å². The number of hydrogen-bond acceptors (Lipinski definition) is 4. The van der Waals surface area contributed by atoms with Gasteiger partial charge in [-0.15, -0.1) is 0 Å². The van der Waals surface area contributed by atoms with Crippen molar-refractivity contribution in [2.75, 3.05) is 41.9 Å². The number of rotatable bonds is 6. The first-order valence-electron chi connectivity index (χ1n) is 10.7. The largest absolute Gasteiger partial charge is 0.368 e. The molecule has 1 aliphatic heterocycles. The molecule has 0 N–H and O–H groups in total. The van der Waals surface area contributed by atoms with Gasteiger partial charge in [0.1, 0.15) is 6.54 Å². The maximum atomic E-state index is 13.4. The van der Waals surface area contributed by atoms with Gasteiger partial charge < -0.3 is 9.80 Å². The van der Waals surface area contributed by atoms with Crippen LogP contribution in [0.1, 0.15) is 5.56 Å². The van der Waals surface area contributed by atoms with Gasteiger partial charge >= 0.3 is 0 Å². The van der Waals surface area contributed by atoms with E-state index >= 15 is 0 Å². The molecule has 0 unspecified atom stereocenters. The average molecular weight is 450 g/mol. The van der Waals surface area contributed by atoms with Crippen molar-refractivity contribution in [2.24, 2.45) is 0 Å². The van der Waals surface area contributed by atoms with E-state index in [1.54, 1.807) is 47.4 Å². The minimum Gasteiger partial charge on any atom is -0.368 e. The first kappa shape index (κ1) is 21.9. The van der Waals surface area contributed by atoms with Gasteiger partial charge in [-0.05, 0) is 43.3 Å². The Labute approximate surface area is 189 Å². The normalized spacial score (nSPS) is 14.3. The van der Waals surface area contributed by atoms with Gasteiger partial charge in [0.25, 0.3) is 10.0 Å². The highest BCUT2D eigenvalue weighted by molar-refractivity contribution is 7.92. The SMILES string of the molecule is Cc1ccc(N(CC(=O)N2CCN(c3ccccc3)CC2)S(=O)(=O)c2ccccc2)cc1. The summed E-state index contributed by atoms with van der Waals surface area (Å²) in [6.45, 7) is 4.25. The number of aryl methyl sites for hydroxylation is 1. The smallest absolute Gasteiger partial charge is 0.264 e. The third kappa shape index (κ3) is 4.78. The van der Waals surface area contributed by atoms with Crippen molar-refractivity contribution in [3.63, 3.8) is 0 Å². The lowest BCUT2D eigenvalue weighted by atomic mass is 10.2. The minimum absolute atomic E-state index is 0.169. The molecule has 0 spiro atoms. The Hall–Kier alpha value is -3.32. The van der Waals surface area contributed by atoms with Gasteiger partial charge in [-0.1, -0.05) is 54.1 Å². The molecule has 32 heavy (non-hydrogen) atoms. The van der Waals surface area contributed by atoms with Crippen molar-refractivity contribution in [3.8, 4) is 0 Å². The molecule has 166 valence electrons. The molecule has 6 nitrogen and oxygen atoms in total. The number of carbonyl (C=O) groups is 1. The number of amides is 1. The number of benzene rings is 3. The zero-order chi connectivity index (χ0) is 22.6. The van der Waals surface area contributed by atoms with E-state index < -0.39 is 10.0 Å². The Morgan fingerprint density at radius 1 is 0.812 bits per heavy atom. The molecule has 0 aromatic heterocycles. The van der Waals surface area contributed by atoms with Crippen molar-refractivity contribution < 1.29 is 13.2 Å². The summed E-state index contributed by atoms with van der Waals surface area (Å²) in [7, 11) is -3.88. The van der Waals surface area contributed by atoms with Gasteiger partial charge in [0, 0.05) is 31.9 Å². The third-order valence-corrected chi connectivity index (χ3v) is 7.47. The van der Waals surface area contributed by atoms with E-state index in [2.05, 4.69) is 17.0 Å². The number of para-hydroxylation sites is 1. The number of nitrogens with zero attached hydrogens (tertiary/aromatic N) is 3. The molecule has 4 rings (SSSR count). The Bertz CT molecular complexity index is 1140. The molecule has 3 aromatic rings. The van der Waals surface area contributed by atoms with Crippen LogP contribution in [0.25, 0.3) is 0 Å².